The first-order valence-electron chi connectivity index (χ1n) is 5.88. The van der Waals surface area contributed by atoms with Gasteiger partial charge in [0.1, 0.15) is 6.04 Å². The number of aromatic nitrogens is 2. The minimum Gasteiger partial charge on any atom is -0.480 e. The van der Waals surface area contributed by atoms with Crippen molar-refractivity contribution < 1.29 is 9.90 Å². The molecular weight excluding hydrogens is 236 g/mol. The third-order valence-corrected chi connectivity index (χ3v) is 3.01. The van der Waals surface area contributed by atoms with Crippen molar-refractivity contribution in [2.75, 3.05) is 18.0 Å². The number of carbonyl (C=O) groups is 1. The van der Waals surface area contributed by atoms with E-state index in [9.17, 15) is 9.59 Å². The van der Waals surface area contributed by atoms with Crippen molar-refractivity contribution in [3.05, 3.63) is 22.6 Å². The highest BCUT2D eigenvalue weighted by Crippen LogP contribution is 2.16. The number of nitrogens with two attached hydrogens (primary N) is 1. The minimum atomic E-state index is -1.15. The van der Waals surface area contributed by atoms with Gasteiger partial charge in [-0.1, -0.05) is 0 Å². The summed E-state index contributed by atoms with van der Waals surface area (Å²) in [6.45, 7) is 1.74. The number of hydrogen-bond acceptors (Lipinski definition) is 5. The van der Waals surface area contributed by atoms with E-state index in [0.717, 1.165) is 36.3 Å². The van der Waals surface area contributed by atoms with Gasteiger partial charge in [0.2, 0.25) is 0 Å². The van der Waals surface area contributed by atoms with Crippen LogP contribution in [0.15, 0.2) is 17.1 Å². The van der Waals surface area contributed by atoms with E-state index in [4.69, 9.17) is 10.8 Å². The zero-order chi connectivity index (χ0) is 13.1. The van der Waals surface area contributed by atoms with Gasteiger partial charge in [-0.2, -0.15) is 5.10 Å². The van der Waals surface area contributed by atoms with Gasteiger partial charge in [0, 0.05) is 19.2 Å². The van der Waals surface area contributed by atoms with Crippen LogP contribution in [-0.4, -0.2) is 40.0 Å². The molecule has 2 heterocycles. The maximum atomic E-state index is 11.8. The molecular formula is C11H16N4O3. The molecule has 1 unspecified atom stereocenters. The topological polar surface area (TPSA) is 101 Å². The largest absolute Gasteiger partial charge is 0.480 e. The van der Waals surface area contributed by atoms with Crippen molar-refractivity contribution in [1.29, 1.82) is 0 Å². The third-order valence-electron chi connectivity index (χ3n) is 3.01. The van der Waals surface area contributed by atoms with Gasteiger partial charge in [0.15, 0.2) is 0 Å². The van der Waals surface area contributed by atoms with Crippen LogP contribution in [0.5, 0.6) is 0 Å². The predicted molar refractivity (Wildman–Crippen MR) is 65.6 cm³/mol. The Balaban J connectivity index is 2.14. The van der Waals surface area contributed by atoms with Crippen LogP contribution in [0.25, 0.3) is 0 Å². The number of carboxylic acid groups (broad SMARTS) is 1. The van der Waals surface area contributed by atoms with E-state index in [0.29, 0.717) is 0 Å². The van der Waals surface area contributed by atoms with Gasteiger partial charge in [-0.25, -0.2) is 4.68 Å². The molecule has 0 amide bonds. The smallest absolute Gasteiger partial charge is 0.322 e. The van der Waals surface area contributed by atoms with Crippen molar-refractivity contribution in [2.24, 2.45) is 5.73 Å². The Morgan fingerprint density at radius 1 is 1.50 bits per heavy atom. The number of anilines is 1. The van der Waals surface area contributed by atoms with Crippen LogP contribution in [0.1, 0.15) is 12.8 Å². The van der Waals surface area contributed by atoms with Crippen LogP contribution in [0.3, 0.4) is 0 Å². The van der Waals surface area contributed by atoms with Crippen LogP contribution < -0.4 is 16.2 Å². The van der Waals surface area contributed by atoms with Crippen molar-refractivity contribution in [2.45, 2.75) is 25.4 Å². The molecule has 0 bridgehead atoms. The number of hydrogen-bond donors (Lipinski definition) is 2. The summed E-state index contributed by atoms with van der Waals surface area (Å²) < 4.78 is 1.08. The second-order valence-electron chi connectivity index (χ2n) is 4.37. The fourth-order valence-electron chi connectivity index (χ4n) is 1.97. The molecule has 3 N–H and O–H groups in total. The molecule has 1 fully saturated rings. The lowest BCUT2D eigenvalue weighted by molar-refractivity contribution is -0.138. The summed E-state index contributed by atoms with van der Waals surface area (Å²) in [5.41, 5.74) is 5.83. The van der Waals surface area contributed by atoms with Gasteiger partial charge < -0.3 is 15.7 Å². The number of aliphatic carboxylic acids is 1. The SMILES string of the molecule is NC(Cn1ncc(N2CCCC2)cc1=O)C(=O)O. The Kier molecular flexibility index (Phi) is 3.61. The van der Waals surface area contributed by atoms with E-state index in [1.165, 1.54) is 6.07 Å². The molecule has 98 valence electrons. The Hall–Kier alpha value is -1.89. The molecule has 0 aliphatic carbocycles. The second-order valence-corrected chi connectivity index (χ2v) is 4.37. The summed E-state index contributed by atoms with van der Waals surface area (Å²) in [6.07, 6.45) is 3.82. The standard InChI is InChI=1S/C11H16N4O3/c12-9(11(17)18)7-15-10(16)5-8(6-13-15)14-3-1-2-4-14/h5-6,9H,1-4,7,12H2,(H,17,18). The van der Waals surface area contributed by atoms with Crippen molar-refractivity contribution in [3.63, 3.8) is 0 Å². The van der Waals surface area contributed by atoms with Crippen molar-refractivity contribution in [1.82, 2.24) is 9.78 Å². The zero-order valence-corrected chi connectivity index (χ0v) is 9.95. The van der Waals surface area contributed by atoms with Gasteiger partial charge in [-0.15, -0.1) is 0 Å². The molecule has 0 saturated carbocycles. The Morgan fingerprint density at radius 3 is 2.72 bits per heavy atom. The zero-order valence-electron chi connectivity index (χ0n) is 9.95. The van der Waals surface area contributed by atoms with E-state index in [1.807, 2.05) is 0 Å². The van der Waals surface area contributed by atoms with Crippen molar-refractivity contribution in [3.8, 4) is 0 Å². The average Bonchev–Trinajstić information content (AvgIpc) is 2.85. The third kappa shape index (κ3) is 2.67. The highest BCUT2D eigenvalue weighted by Gasteiger charge is 2.16. The lowest BCUT2D eigenvalue weighted by Gasteiger charge is -2.17. The summed E-state index contributed by atoms with van der Waals surface area (Å²) in [4.78, 5) is 24.5. The number of rotatable bonds is 4. The quantitative estimate of drug-likeness (QED) is 0.731. The molecule has 7 heteroatoms. The van der Waals surface area contributed by atoms with Gasteiger partial charge in [0.25, 0.3) is 5.56 Å². The lowest BCUT2D eigenvalue weighted by atomic mass is 10.3. The molecule has 1 aromatic heterocycles. The molecule has 1 atom stereocenters. The monoisotopic (exact) mass is 252 g/mol. The molecule has 18 heavy (non-hydrogen) atoms. The summed E-state index contributed by atoms with van der Waals surface area (Å²) in [6, 6.07) is 0.361. The first-order chi connectivity index (χ1) is 8.58. The molecule has 1 aromatic rings. The van der Waals surface area contributed by atoms with E-state index >= 15 is 0 Å². The minimum absolute atomic E-state index is 0.117. The van der Waals surface area contributed by atoms with Crippen LogP contribution in [0.2, 0.25) is 0 Å². The molecule has 2 rings (SSSR count). The highest BCUT2D eigenvalue weighted by atomic mass is 16.4. The fourth-order valence-corrected chi connectivity index (χ4v) is 1.97. The van der Waals surface area contributed by atoms with Gasteiger partial charge in [-0.3, -0.25) is 9.59 Å². The predicted octanol–water partition coefficient (Wildman–Crippen LogP) is -0.745. The molecule has 0 radical (unpaired) electrons. The van der Waals surface area contributed by atoms with Crippen LogP contribution >= 0.6 is 0 Å². The maximum absolute atomic E-state index is 11.8. The Labute approximate surface area is 104 Å². The maximum Gasteiger partial charge on any atom is 0.322 e. The second kappa shape index (κ2) is 5.18. The summed E-state index contributed by atoms with van der Waals surface area (Å²) >= 11 is 0. The van der Waals surface area contributed by atoms with Gasteiger partial charge in [-0.05, 0) is 12.8 Å². The van der Waals surface area contributed by atoms with E-state index in [1.54, 1.807) is 6.20 Å². The summed E-state index contributed by atoms with van der Waals surface area (Å²) in [5, 5.41) is 12.6. The molecule has 0 spiro atoms. The lowest BCUT2D eigenvalue weighted by Crippen LogP contribution is -2.39. The van der Waals surface area contributed by atoms with E-state index < -0.39 is 12.0 Å². The van der Waals surface area contributed by atoms with E-state index in [-0.39, 0.29) is 12.1 Å². The van der Waals surface area contributed by atoms with Gasteiger partial charge in [0.05, 0.1) is 18.4 Å². The number of nitrogens with zero attached hydrogens (tertiary/aromatic N) is 3. The Bertz CT molecular complexity index is 493. The van der Waals surface area contributed by atoms with E-state index in [2.05, 4.69) is 10.00 Å². The van der Waals surface area contributed by atoms with Crippen LogP contribution in [0.4, 0.5) is 5.69 Å². The van der Waals surface area contributed by atoms with Crippen LogP contribution in [0, 0.1) is 0 Å². The first kappa shape index (κ1) is 12.6. The Morgan fingerprint density at radius 2 is 2.17 bits per heavy atom. The van der Waals surface area contributed by atoms with Crippen LogP contribution in [-0.2, 0) is 11.3 Å². The fraction of sp³-hybridized carbons (Fsp3) is 0.545. The first-order valence-corrected chi connectivity index (χ1v) is 5.88. The van der Waals surface area contributed by atoms with Gasteiger partial charge >= 0.3 is 5.97 Å². The molecule has 1 saturated heterocycles. The summed E-state index contributed by atoms with van der Waals surface area (Å²) in [7, 11) is 0. The molecule has 1 aliphatic rings. The summed E-state index contributed by atoms with van der Waals surface area (Å²) in [5.74, 6) is -1.15. The van der Waals surface area contributed by atoms with Crippen molar-refractivity contribution >= 4 is 11.7 Å². The number of carboxylic acids is 1. The molecule has 7 nitrogen and oxygen atoms in total. The normalized spacial score (nSPS) is 16.8. The molecule has 0 aromatic carbocycles. The molecule has 1 aliphatic heterocycles. The average molecular weight is 252 g/mol. The highest BCUT2D eigenvalue weighted by molar-refractivity contribution is 5.72.